The third-order valence-corrected chi connectivity index (χ3v) is 3.50. The van der Waals surface area contributed by atoms with Crippen LogP contribution in [0.4, 0.5) is 0 Å². The van der Waals surface area contributed by atoms with Crippen LogP contribution >= 0.6 is 0 Å². The maximum atomic E-state index is 11.9. The molecule has 0 heterocycles. The van der Waals surface area contributed by atoms with Crippen molar-refractivity contribution in [1.82, 2.24) is 5.43 Å². The maximum absolute atomic E-state index is 11.9. The summed E-state index contributed by atoms with van der Waals surface area (Å²) < 4.78 is 21.2. The Bertz CT molecular complexity index is 764. The number of hydrazone groups is 1. The van der Waals surface area contributed by atoms with E-state index in [9.17, 15) is 4.79 Å². The lowest BCUT2D eigenvalue weighted by molar-refractivity contribution is -0.123. The van der Waals surface area contributed by atoms with Crippen molar-refractivity contribution in [3.8, 4) is 23.0 Å². The van der Waals surface area contributed by atoms with Gasteiger partial charge in [0.1, 0.15) is 23.0 Å². The van der Waals surface area contributed by atoms with Crippen molar-refractivity contribution in [2.24, 2.45) is 5.10 Å². The second-order valence-corrected chi connectivity index (χ2v) is 5.34. The molecule has 2 aromatic rings. The molecule has 0 fully saturated rings. The first kappa shape index (κ1) is 19.1. The van der Waals surface area contributed by atoms with Crippen LogP contribution in [-0.4, -0.2) is 40.1 Å². The number of hydrogen-bond acceptors (Lipinski definition) is 6. The molecule has 0 bridgehead atoms. The lowest BCUT2D eigenvalue weighted by atomic mass is 10.2. The molecule has 7 heteroatoms. The average molecular weight is 358 g/mol. The molecular formula is C19H22N2O5. The zero-order valence-electron chi connectivity index (χ0n) is 15.2. The van der Waals surface area contributed by atoms with Crippen LogP contribution in [0.5, 0.6) is 23.0 Å². The number of nitrogens with one attached hydrogen (secondary N) is 1. The van der Waals surface area contributed by atoms with Crippen molar-refractivity contribution < 1.29 is 23.7 Å². The van der Waals surface area contributed by atoms with Crippen LogP contribution in [0, 0.1) is 6.92 Å². The number of benzene rings is 2. The van der Waals surface area contributed by atoms with Crippen molar-refractivity contribution in [2.45, 2.75) is 6.92 Å². The van der Waals surface area contributed by atoms with Gasteiger partial charge in [-0.05, 0) is 24.6 Å². The Balaban J connectivity index is 2.00. The summed E-state index contributed by atoms with van der Waals surface area (Å²) in [4.78, 5) is 11.9. The van der Waals surface area contributed by atoms with Gasteiger partial charge in [-0.2, -0.15) is 5.10 Å². The van der Waals surface area contributed by atoms with E-state index in [0.717, 1.165) is 5.56 Å². The van der Waals surface area contributed by atoms with Crippen LogP contribution in [0.1, 0.15) is 11.1 Å². The number of hydrogen-bond donors (Lipinski definition) is 1. The Kier molecular flexibility index (Phi) is 6.84. The molecule has 0 saturated heterocycles. The van der Waals surface area contributed by atoms with Crippen LogP contribution in [0.15, 0.2) is 41.5 Å². The van der Waals surface area contributed by atoms with Gasteiger partial charge in [-0.25, -0.2) is 5.43 Å². The van der Waals surface area contributed by atoms with Crippen molar-refractivity contribution in [3.05, 3.63) is 47.5 Å². The number of carbonyl (C=O) groups is 1. The predicted octanol–water partition coefficient (Wildman–Crippen LogP) is 2.55. The molecule has 0 saturated carbocycles. The van der Waals surface area contributed by atoms with Crippen molar-refractivity contribution in [2.75, 3.05) is 27.9 Å². The van der Waals surface area contributed by atoms with Crippen molar-refractivity contribution in [3.63, 3.8) is 0 Å². The van der Waals surface area contributed by atoms with Gasteiger partial charge >= 0.3 is 0 Å². The number of aryl methyl sites for hydroxylation is 1. The second kappa shape index (κ2) is 9.31. The summed E-state index contributed by atoms with van der Waals surface area (Å²) in [6.07, 6.45) is 1.45. The molecule has 26 heavy (non-hydrogen) atoms. The van der Waals surface area contributed by atoms with Gasteiger partial charge in [-0.3, -0.25) is 4.79 Å². The maximum Gasteiger partial charge on any atom is 0.277 e. The van der Waals surface area contributed by atoms with Gasteiger partial charge < -0.3 is 18.9 Å². The smallest absolute Gasteiger partial charge is 0.277 e. The van der Waals surface area contributed by atoms with Gasteiger partial charge in [0.05, 0.1) is 33.1 Å². The third kappa shape index (κ3) is 5.14. The van der Waals surface area contributed by atoms with Gasteiger partial charge in [0.25, 0.3) is 5.91 Å². The van der Waals surface area contributed by atoms with Crippen molar-refractivity contribution in [1.29, 1.82) is 0 Å². The molecule has 2 rings (SSSR count). The first-order valence-electron chi connectivity index (χ1n) is 7.88. The summed E-state index contributed by atoms with van der Waals surface area (Å²) in [5.41, 5.74) is 4.04. The zero-order valence-corrected chi connectivity index (χ0v) is 15.2. The Hall–Kier alpha value is -3.22. The van der Waals surface area contributed by atoms with Crippen molar-refractivity contribution >= 4 is 12.1 Å². The van der Waals surface area contributed by atoms with Crippen LogP contribution in [0.2, 0.25) is 0 Å². The van der Waals surface area contributed by atoms with E-state index >= 15 is 0 Å². The average Bonchev–Trinajstić information content (AvgIpc) is 2.66. The van der Waals surface area contributed by atoms with E-state index in [4.69, 9.17) is 18.9 Å². The molecule has 138 valence electrons. The standard InChI is InChI=1S/C19H22N2O5/c1-13-6-5-7-14(8-13)26-12-19(22)21-20-11-16-17(24-3)9-15(23-2)10-18(16)25-4/h5-11H,12H2,1-4H3,(H,21,22)/b20-11-. The first-order valence-corrected chi connectivity index (χ1v) is 7.88. The Morgan fingerprint density at radius 2 is 1.73 bits per heavy atom. The van der Waals surface area contributed by atoms with E-state index in [1.807, 2.05) is 25.1 Å². The van der Waals surface area contributed by atoms with E-state index in [1.54, 1.807) is 25.3 Å². The molecule has 0 aromatic heterocycles. The molecule has 1 amide bonds. The van der Waals surface area contributed by atoms with Crippen LogP contribution < -0.4 is 24.4 Å². The Morgan fingerprint density at radius 3 is 2.31 bits per heavy atom. The molecule has 0 unspecified atom stereocenters. The molecule has 2 aromatic carbocycles. The quantitative estimate of drug-likeness (QED) is 0.580. The van der Waals surface area contributed by atoms with E-state index in [2.05, 4.69) is 10.5 Å². The second-order valence-electron chi connectivity index (χ2n) is 5.34. The zero-order chi connectivity index (χ0) is 18.9. The normalized spacial score (nSPS) is 10.5. The number of carbonyl (C=O) groups excluding carboxylic acids is 1. The molecule has 0 atom stereocenters. The first-order chi connectivity index (χ1) is 12.6. The minimum atomic E-state index is -0.380. The third-order valence-electron chi connectivity index (χ3n) is 3.50. The van der Waals surface area contributed by atoms with Crippen LogP contribution in [-0.2, 0) is 4.79 Å². The van der Waals surface area contributed by atoms with Crippen LogP contribution in [0.3, 0.4) is 0 Å². The monoisotopic (exact) mass is 358 g/mol. The topological polar surface area (TPSA) is 78.4 Å². The number of nitrogens with zero attached hydrogens (tertiary/aromatic N) is 1. The highest BCUT2D eigenvalue weighted by Gasteiger charge is 2.11. The van der Waals surface area contributed by atoms with Gasteiger partial charge in [0, 0.05) is 12.1 Å². The van der Waals surface area contributed by atoms with Gasteiger partial charge in [0.2, 0.25) is 0 Å². The van der Waals surface area contributed by atoms with Gasteiger partial charge in [-0.1, -0.05) is 12.1 Å². The fourth-order valence-electron chi connectivity index (χ4n) is 2.21. The lowest BCUT2D eigenvalue weighted by Gasteiger charge is -2.12. The molecule has 1 N–H and O–H groups in total. The summed E-state index contributed by atoms with van der Waals surface area (Å²) in [6.45, 7) is 1.81. The fourth-order valence-corrected chi connectivity index (χ4v) is 2.21. The van der Waals surface area contributed by atoms with Gasteiger partial charge in [-0.15, -0.1) is 0 Å². The summed E-state index contributed by atoms with van der Waals surface area (Å²) in [7, 11) is 4.61. The predicted molar refractivity (Wildman–Crippen MR) is 98.5 cm³/mol. The molecule has 0 aliphatic heterocycles. The summed E-state index contributed by atoms with van der Waals surface area (Å²) >= 11 is 0. The summed E-state index contributed by atoms with van der Waals surface area (Å²) in [5, 5.41) is 3.94. The largest absolute Gasteiger partial charge is 0.496 e. The highest BCUT2D eigenvalue weighted by atomic mass is 16.5. The van der Waals surface area contributed by atoms with E-state index in [-0.39, 0.29) is 12.5 Å². The molecular weight excluding hydrogens is 336 g/mol. The van der Waals surface area contributed by atoms with Crippen LogP contribution in [0.25, 0.3) is 0 Å². The summed E-state index contributed by atoms with van der Waals surface area (Å²) in [6, 6.07) is 10.9. The minimum absolute atomic E-state index is 0.141. The highest BCUT2D eigenvalue weighted by Crippen LogP contribution is 2.32. The number of rotatable bonds is 8. The molecule has 0 radical (unpaired) electrons. The fraction of sp³-hybridized carbons (Fsp3) is 0.263. The molecule has 0 spiro atoms. The number of amides is 1. The Morgan fingerprint density at radius 1 is 1.04 bits per heavy atom. The molecule has 7 nitrogen and oxygen atoms in total. The lowest BCUT2D eigenvalue weighted by Crippen LogP contribution is -2.24. The van der Waals surface area contributed by atoms with E-state index in [1.165, 1.54) is 20.4 Å². The van der Waals surface area contributed by atoms with E-state index in [0.29, 0.717) is 28.6 Å². The Labute approximate surface area is 152 Å². The minimum Gasteiger partial charge on any atom is -0.496 e. The number of ether oxygens (including phenoxy) is 4. The SMILES string of the molecule is COc1cc(OC)c(/C=N\NC(=O)COc2cccc(C)c2)c(OC)c1. The number of methoxy groups -OCH3 is 3. The van der Waals surface area contributed by atoms with Gasteiger partial charge in [0.15, 0.2) is 6.61 Å². The molecule has 0 aliphatic carbocycles. The molecule has 0 aliphatic rings. The highest BCUT2D eigenvalue weighted by molar-refractivity contribution is 5.89. The van der Waals surface area contributed by atoms with E-state index < -0.39 is 0 Å². The summed E-state index contributed by atoms with van der Waals surface area (Å²) in [5.74, 6) is 1.86.